The number of thioether (sulfide) groups is 1. The van der Waals surface area contributed by atoms with Crippen LogP contribution in [0.3, 0.4) is 0 Å². The quantitative estimate of drug-likeness (QED) is 0.426. The van der Waals surface area contributed by atoms with E-state index in [9.17, 15) is 9.59 Å². The molecule has 1 aromatic rings. The highest BCUT2D eigenvalue weighted by Gasteiger charge is 2.13. The molecule has 14 heavy (non-hydrogen) atoms. The number of rotatable bonds is 2. The summed E-state index contributed by atoms with van der Waals surface area (Å²) in [5, 5.41) is 0. The molecular formula is C10H10O3S. The molecule has 0 atom stereocenters. The summed E-state index contributed by atoms with van der Waals surface area (Å²) in [7, 11) is 0. The minimum atomic E-state index is -0.595. The molecule has 0 bridgehead atoms. The summed E-state index contributed by atoms with van der Waals surface area (Å²) in [6.07, 6.45) is 1.86. The lowest BCUT2D eigenvalue weighted by Gasteiger charge is -2.04. The third kappa shape index (κ3) is 2.60. The Bertz CT molecular complexity index is 360. The van der Waals surface area contributed by atoms with E-state index in [1.54, 1.807) is 18.2 Å². The monoisotopic (exact) mass is 210 g/mol. The van der Waals surface area contributed by atoms with Gasteiger partial charge in [0.15, 0.2) is 0 Å². The smallest absolute Gasteiger partial charge is 0.346 e. The fourth-order valence-electron chi connectivity index (χ4n) is 0.999. The van der Waals surface area contributed by atoms with Crippen LogP contribution >= 0.6 is 11.8 Å². The Kier molecular flexibility index (Phi) is 3.71. The largest absolute Gasteiger partial charge is 0.390 e. The van der Waals surface area contributed by atoms with Crippen molar-refractivity contribution in [3.8, 4) is 0 Å². The Hall–Kier alpha value is -1.29. The van der Waals surface area contributed by atoms with E-state index in [2.05, 4.69) is 4.74 Å². The van der Waals surface area contributed by atoms with Crippen molar-refractivity contribution in [2.45, 2.75) is 11.8 Å². The SMILES string of the molecule is CSc1ccccc1C(=O)OC(C)=O. The number of carbonyl (C=O) groups is 2. The number of ether oxygens (including phenoxy) is 1. The van der Waals surface area contributed by atoms with Crippen molar-refractivity contribution in [1.82, 2.24) is 0 Å². The first-order valence-electron chi connectivity index (χ1n) is 4.01. The Morgan fingerprint density at radius 2 is 1.93 bits per heavy atom. The summed E-state index contributed by atoms with van der Waals surface area (Å²) < 4.78 is 4.49. The standard InChI is InChI=1S/C10H10O3S/c1-7(11)13-10(12)8-5-3-4-6-9(8)14-2/h3-6H,1-2H3. The van der Waals surface area contributed by atoms with Crippen molar-refractivity contribution in [2.24, 2.45) is 0 Å². The van der Waals surface area contributed by atoms with Crippen molar-refractivity contribution < 1.29 is 14.3 Å². The van der Waals surface area contributed by atoms with Gasteiger partial charge in [0.2, 0.25) is 0 Å². The third-order valence-corrected chi connectivity index (χ3v) is 2.36. The summed E-state index contributed by atoms with van der Waals surface area (Å²) in [6.45, 7) is 1.21. The molecule has 0 aromatic heterocycles. The predicted molar refractivity (Wildman–Crippen MR) is 54.3 cm³/mol. The van der Waals surface area contributed by atoms with Gasteiger partial charge >= 0.3 is 11.9 Å². The van der Waals surface area contributed by atoms with Gasteiger partial charge in [0.25, 0.3) is 0 Å². The second kappa shape index (κ2) is 4.81. The Balaban J connectivity index is 2.94. The molecule has 0 aliphatic rings. The van der Waals surface area contributed by atoms with E-state index in [0.29, 0.717) is 5.56 Å². The van der Waals surface area contributed by atoms with Crippen LogP contribution in [-0.4, -0.2) is 18.2 Å². The van der Waals surface area contributed by atoms with E-state index in [0.717, 1.165) is 4.90 Å². The summed E-state index contributed by atoms with van der Waals surface area (Å²) in [6, 6.07) is 7.01. The fourth-order valence-corrected chi connectivity index (χ4v) is 1.58. The Morgan fingerprint density at radius 3 is 2.50 bits per heavy atom. The molecule has 1 rings (SSSR count). The van der Waals surface area contributed by atoms with Gasteiger partial charge in [-0.05, 0) is 18.4 Å². The zero-order valence-electron chi connectivity index (χ0n) is 7.94. The molecule has 0 unspecified atom stereocenters. The van der Waals surface area contributed by atoms with E-state index in [4.69, 9.17) is 0 Å². The molecule has 0 amide bonds. The van der Waals surface area contributed by atoms with Crippen LogP contribution in [0.5, 0.6) is 0 Å². The maximum atomic E-state index is 11.4. The molecule has 0 aliphatic heterocycles. The predicted octanol–water partition coefficient (Wildman–Crippen LogP) is 2.11. The van der Waals surface area contributed by atoms with Crippen molar-refractivity contribution in [2.75, 3.05) is 6.26 Å². The van der Waals surface area contributed by atoms with Crippen molar-refractivity contribution in [3.63, 3.8) is 0 Å². The van der Waals surface area contributed by atoms with E-state index in [1.165, 1.54) is 18.7 Å². The number of carbonyl (C=O) groups excluding carboxylic acids is 2. The van der Waals surface area contributed by atoms with Gasteiger partial charge in [-0.15, -0.1) is 11.8 Å². The van der Waals surface area contributed by atoms with E-state index in [1.807, 2.05) is 12.3 Å². The highest BCUT2D eigenvalue weighted by atomic mass is 32.2. The van der Waals surface area contributed by atoms with Gasteiger partial charge in [-0.2, -0.15) is 0 Å². The van der Waals surface area contributed by atoms with E-state index in [-0.39, 0.29) is 0 Å². The number of esters is 2. The average molecular weight is 210 g/mol. The van der Waals surface area contributed by atoms with Gasteiger partial charge in [0.1, 0.15) is 0 Å². The highest BCUT2D eigenvalue weighted by Crippen LogP contribution is 2.20. The molecule has 0 spiro atoms. The van der Waals surface area contributed by atoms with Crippen molar-refractivity contribution >= 4 is 23.7 Å². The molecule has 74 valence electrons. The lowest BCUT2D eigenvalue weighted by molar-refractivity contribution is -0.135. The van der Waals surface area contributed by atoms with Gasteiger partial charge in [-0.1, -0.05) is 12.1 Å². The van der Waals surface area contributed by atoms with Crippen LogP contribution in [0, 0.1) is 0 Å². The molecule has 0 saturated carbocycles. The van der Waals surface area contributed by atoms with Gasteiger partial charge in [-0.25, -0.2) is 4.79 Å². The lowest BCUT2D eigenvalue weighted by Crippen LogP contribution is -2.10. The van der Waals surface area contributed by atoms with Crippen molar-refractivity contribution in [1.29, 1.82) is 0 Å². The molecule has 0 aliphatic carbocycles. The highest BCUT2D eigenvalue weighted by molar-refractivity contribution is 7.98. The zero-order valence-corrected chi connectivity index (χ0v) is 8.76. The maximum absolute atomic E-state index is 11.4. The second-order valence-electron chi connectivity index (χ2n) is 2.58. The molecule has 0 saturated heterocycles. The molecule has 0 heterocycles. The van der Waals surface area contributed by atoms with Crippen LogP contribution in [0.1, 0.15) is 17.3 Å². The summed E-state index contributed by atoms with van der Waals surface area (Å²) in [5.41, 5.74) is 0.426. The van der Waals surface area contributed by atoms with Gasteiger partial charge in [-0.3, -0.25) is 4.79 Å². The third-order valence-electron chi connectivity index (χ3n) is 1.56. The van der Waals surface area contributed by atoms with E-state index >= 15 is 0 Å². The molecular weight excluding hydrogens is 200 g/mol. The maximum Gasteiger partial charge on any atom is 0.346 e. The number of hydrogen-bond donors (Lipinski definition) is 0. The number of hydrogen-bond acceptors (Lipinski definition) is 4. The van der Waals surface area contributed by atoms with Gasteiger partial charge in [0.05, 0.1) is 5.56 Å². The van der Waals surface area contributed by atoms with Crippen LogP contribution in [0.4, 0.5) is 0 Å². The minimum Gasteiger partial charge on any atom is -0.390 e. The van der Waals surface area contributed by atoms with Crippen LogP contribution in [0.15, 0.2) is 29.2 Å². The zero-order chi connectivity index (χ0) is 10.6. The molecule has 1 aromatic carbocycles. The van der Waals surface area contributed by atoms with Gasteiger partial charge in [0, 0.05) is 11.8 Å². The first kappa shape index (κ1) is 10.8. The van der Waals surface area contributed by atoms with Crippen LogP contribution in [0.25, 0.3) is 0 Å². The summed E-state index contributed by atoms with van der Waals surface area (Å²) in [4.78, 5) is 22.8. The number of benzene rings is 1. The molecule has 0 N–H and O–H groups in total. The minimum absolute atomic E-state index is 0.426. The average Bonchev–Trinajstić information content (AvgIpc) is 2.16. The van der Waals surface area contributed by atoms with Crippen LogP contribution < -0.4 is 0 Å². The van der Waals surface area contributed by atoms with Gasteiger partial charge < -0.3 is 4.74 Å². The van der Waals surface area contributed by atoms with E-state index < -0.39 is 11.9 Å². The summed E-state index contributed by atoms with van der Waals surface area (Å²) >= 11 is 1.44. The fraction of sp³-hybridized carbons (Fsp3) is 0.200. The Morgan fingerprint density at radius 1 is 1.29 bits per heavy atom. The van der Waals surface area contributed by atoms with Crippen LogP contribution in [0.2, 0.25) is 0 Å². The molecule has 3 nitrogen and oxygen atoms in total. The first-order valence-corrected chi connectivity index (χ1v) is 5.23. The summed E-state index contributed by atoms with van der Waals surface area (Å²) in [5.74, 6) is -1.19. The molecule has 0 radical (unpaired) electrons. The lowest BCUT2D eigenvalue weighted by atomic mass is 10.2. The second-order valence-corrected chi connectivity index (χ2v) is 3.43. The van der Waals surface area contributed by atoms with Crippen molar-refractivity contribution in [3.05, 3.63) is 29.8 Å². The molecule has 0 fully saturated rings. The normalized spacial score (nSPS) is 9.57. The topological polar surface area (TPSA) is 43.4 Å². The van der Waals surface area contributed by atoms with Crippen LogP contribution in [-0.2, 0) is 9.53 Å². The Labute approximate surface area is 86.5 Å². The first-order chi connectivity index (χ1) is 6.65. The molecule has 4 heteroatoms.